The molecule has 0 aliphatic carbocycles. The van der Waals surface area contributed by atoms with E-state index in [-0.39, 0.29) is 11.6 Å². The second-order valence-electron chi connectivity index (χ2n) is 3.82. The van der Waals surface area contributed by atoms with Crippen molar-refractivity contribution in [1.82, 2.24) is 4.98 Å². The number of anilines is 4. The Labute approximate surface area is 128 Å². The van der Waals surface area contributed by atoms with Crippen molar-refractivity contribution < 1.29 is 14.6 Å². The SMILES string of the molecule is CCOC=O.Nc1ccc(N)c(N)n1.Nc1ccccc1O. The molecule has 8 heteroatoms. The Morgan fingerprint density at radius 2 is 1.73 bits per heavy atom. The van der Waals surface area contributed by atoms with E-state index < -0.39 is 0 Å². The van der Waals surface area contributed by atoms with Crippen molar-refractivity contribution in [3.8, 4) is 5.75 Å². The lowest BCUT2D eigenvalue weighted by molar-refractivity contribution is -0.128. The smallest absolute Gasteiger partial charge is 0.293 e. The number of pyridine rings is 1. The average Bonchev–Trinajstić information content (AvgIpc) is 2.49. The summed E-state index contributed by atoms with van der Waals surface area (Å²) in [5, 5.41) is 8.79. The lowest BCUT2D eigenvalue weighted by Crippen LogP contribution is -1.99. The summed E-state index contributed by atoms with van der Waals surface area (Å²) in [4.78, 5) is 12.9. The first-order chi connectivity index (χ1) is 10.4. The molecule has 8 nitrogen and oxygen atoms in total. The number of benzene rings is 1. The van der Waals surface area contributed by atoms with E-state index in [4.69, 9.17) is 28.0 Å². The molecular formula is C14H21N5O3. The van der Waals surface area contributed by atoms with Gasteiger partial charge in [-0.2, -0.15) is 0 Å². The van der Waals surface area contributed by atoms with Crippen LogP contribution in [-0.2, 0) is 9.53 Å². The number of para-hydroxylation sites is 2. The third kappa shape index (κ3) is 8.10. The minimum absolute atomic E-state index is 0.146. The summed E-state index contributed by atoms with van der Waals surface area (Å²) >= 11 is 0. The molecule has 0 aliphatic heterocycles. The van der Waals surface area contributed by atoms with Gasteiger partial charge in [0.15, 0.2) is 0 Å². The van der Waals surface area contributed by atoms with Crippen LogP contribution < -0.4 is 22.9 Å². The summed E-state index contributed by atoms with van der Waals surface area (Å²) in [6, 6.07) is 9.93. The van der Waals surface area contributed by atoms with Crippen molar-refractivity contribution in [1.29, 1.82) is 0 Å². The molecule has 0 radical (unpaired) electrons. The summed E-state index contributed by atoms with van der Waals surface area (Å²) in [6.45, 7) is 2.66. The van der Waals surface area contributed by atoms with Crippen LogP contribution >= 0.6 is 0 Å². The molecule has 0 saturated carbocycles. The van der Waals surface area contributed by atoms with Crippen LogP contribution in [0.15, 0.2) is 36.4 Å². The molecular weight excluding hydrogens is 286 g/mol. The highest BCUT2D eigenvalue weighted by Crippen LogP contribution is 2.16. The predicted octanol–water partition coefficient (Wildman–Crippen LogP) is 0.982. The normalized spacial score (nSPS) is 8.59. The van der Waals surface area contributed by atoms with Gasteiger partial charge >= 0.3 is 0 Å². The lowest BCUT2D eigenvalue weighted by Gasteiger charge is -1.97. The van der Waals surface area contributed by atoms with Gasteiger partial charge in [-0.1, -0.05) is 12.1 Å². The number of aromatic hydroxyl groups is 1. The van der Waals surface area contributed by atoms with E-state index in [1.165, 1.54) is 0 Å². The van der Waals surface area contributed by atoms with E-state index in [1.807, 2.05) is 0 Å². The van der Waals surface area contributed by atoms with Crippen LogP contribution in [0.5, 0.6) is 5.75 Å². The maximum absolute atomic E-state index is 9.18. The molecule has 22 heavy (non-hydrogen) atoms. The maximum Gasteiger partial charge on any atom is 0.293 e. The highest BCUT2D eigenvalue weighted by Gasteiger charge is 1.92. The summed E-state index contributed by atoms with van der Waals surface area (Å²) in [5.74, 6) is 0.823. The van der Waals surface area contributed by atoms with E-state index in [9.17, 15) is 4.79 Å². The number of ether oxygens (including phenoxy) is 1. The van der Waals surface area contributed by atoms with Crippen LogP contribution in [0.1, 0.15) is 6.92 Å². The molecule has 120 valence electrons. The van der Waals surface area contributed by atoms with Gasteiger partial charge in [0.2, 0.25) is 0 Å². The van der Waals surface area contributed by atoms with Crippen molar-refractivity contribution in [2.24, 2.45) is 0 Å². The van der Waals surface area contributed by atoms with Crippen molar-refractivity contribution in [2.75, 3.05) is 29.5 Å². The third-order valence-corrected chi connectivity index (χ3v) is 2.15. The fourth-order valence-electron chi connectivity index (χ4n) is 1.06. The zero-order valence-electron chi connectivity index (χ0n) is 12.3. The summed E-state index contributed by atoms with van der Waals surface area (Å²) < 4.78 is 4.15. The molecule has 0 amide bonds. The third-order valence-electron chi connectivity index (χ3n) is 2.15. The second-order valence-corrected chi connectivity index (χ2v) is 3.82. The highest BCUT2D eigenvalue weighted by atomic mass is 16.5. The van der Waals surface area contributed by atoms with Gasteiger partial charge in [0.05, 0.1) is 18.0 Å². The zero-order chi connectivity index (χ0) is 17.0. The number of phenolic OH excluding ortho intramolecular Hbond substituents is 1. The summed E-state index contributed by atoms with van der Waals surface area (Å²) in [7, 11) is 0. The van der Waals surface area contributed by atoms with Gasteiger partial charge in [0.25, 0.3) is 6.47 Å². The van der Waals surface area contributed by atoms with Crippen molar-refractivity contribution in [3.63, 3.8) is 0 Å². The van der Waals surface area contributed by atoms with E-state index in [0.29, 0.717) is 30.3 Å². The van der Waals surface area contributed by atoms with Gasteiger partial charge in [-0.25, -0.2) is 4.98 Å². The molecule has 1 heterocycles. The Morgan fingerprint density at radius 3 is 2.05 bits per heavy atom. The molecule has 0 bridgehead atoms. The molecule has 9 N–H and O–H groups in total. The largest absolute Gasteiger partial charge is 0.506 e. The number of hydrogen-bond acceptors (Lipinski definition) is 8. The zero-order valence-corrected chi connectivity index (χ0v) is 12.3. The van der Waals surface area contributed by atoms with E-state index in [2.05, 4.69) is 9.72 Å². The minimum Gasteiger partial charge on any atom is -0.506 e. The van der Waals surface area contributed by atoms with Crippen LogP contribution in [0.25, 0.3) is 0 Å². The van der Waals surface area contributed by atoms with Crippen molar-refractivity contribution in [3.05, 3.63) is 36.4 Å². The Morgan fingerprint density at radius 1 is 1.09 bits per heavy atom. The number of phenols is 1. The lowest BCUT2D eigenvalue weighted by atomic mass is 10.3. The van der Waals surface area contributed by atoms with E-state index in [0.717, 1.165) is 0 Å². The highest BCUT2D eigenvalue weighted by molar-refractivity contribution is 5.60. The van der Waals surface area contributed by atoms with E-state index >= 15 is 0 Å². The number of carbonyl (C=O) groups is 1. The number of aromatic nitrogens is 1. The van der Waals surface area contributed by atoms with Gasteiger partial charge < -0.3 is 32.8 Å². The van der Waals surface area contributed by atoms with Gasteiger partial charge in [-0.3, -0.25) is 4.79 Å². The Hall–Kier alpha value is -3.16. The molecule has 2 rings (SSSR count). The molecule has 0 spiro atoms. The van der Waals surface area contributed by atoms with Gasteiger partial charge in [0, 0.05) is 0 Å². The molecule has 1 aromatic carbocycles. The molecule has 0 fully saturated rings. The standard InChI is InChI=1S/C6H7NO.C5H8N4.C3H6O2/c7-5-3-1-2-4-6(5)8;6-3-1-2-4(7)9-5(3)8;1-2-5-3-4/h1-4,8H,7H2;1-2H,6H2,(H4,7,8,9);3H,2H2,1H3. The average molecular weight is 307 g/mol. The number of carbonyl (C=O) groups excluding carboxylic acids is 1. The molecule has 1 aromatic heterocycles. The number of nitrogen functional groups attached to an aromatic ring is 4. The first-order valence-corrected chi connectivity index (χ1v) is 6.28. The molecule has 0 aliphatic rings. The van der Waals surface area contributed by atoms with E-state index in [1.54, 1.807) is 43.3 Å². The maximum atomic E-state index is 9.18. The Balaban J connectivity index is 0.000000315. The van der Waals surface area contributed by atoms with Crippen LogP contribution in [0.2, 0.25) is 0 Å². The molecule has 0 unspecified atom stereocenters. The Bertz CT molecular complexity index is 557. The van der Waals surface area contributed by atoms with Crippen LogP contribution in [0.4, 0.5) is 23.0 Å². The quantitative estimate of drug-likeness (QED) is 0.311. The predicted molar refractivity (Wildman–Crippen MR) is 87.7 cm³/mol. The first-order valence-electron chi connectivity index (χ1n) is 6.28. The monoisotopic (exact) mass is 307 g/mol. The minimum atomic E-state index is 0.146. The summed E-state index contributed by atoms with van der Waals surface area (Å²) in [6.07, 6.45) is 0. The molecule has 2 aromatic rings. The Kier molecular flexibility index (Phi) is 9.08. The van der Waals surface area contributed by atoms with Crippen LogP contribution in [0.3, 0.4) is 0 Å². The van der Waals surface area contributed by atoms with Crippen LogP contribution in [0, 0.1) is 0 Å². The number of rotatable bonds is 2. The van der Waals surface area contributed by atoms with Gasteiger partial charge in [-0.15, -0.1) is 0 Å². The number of nitrogens with two attached hydrogens (primary N) is 4. The van der Waals surface area contributed by atoms with Gasteiger partial charge in [-0.05, 0) is 31.2 Å². The fourth-order valence-corrected chi connectivity index (χ4v) is 1.06. The second kappa shape index (κ2) is 10.6. The topological polar surface area (TPSA) is 164 Å². The summed E-state index contributed by atoms with van der Waals surface area (Å²) in [5.41, 5.74) is 22.1. The van der Waals surface area contributed by atoms with Crippen molar-refractivity contribution >= 4 is 29.5 Å². The molecule has 0 atom stereocenters. The molecule has 0 saturated heterocycles. The fraction of sp³-hybridized carbons (Fsp3) is 0.143. The van der Waals surface area contributed by atoms with Crippen LogP contribution in [-0.4, -0.2) is 23.2 Å². The first kappa shape index (κ1) is 18.8. The van der Waals surface area contributed by atoms with Crippen molar-refractivity contribution in [2.45, 2.75) is 6.92 Å². The van der Waals surface area contributed by atoms with Gasteiger partial charge in [0.1, 0.15) is 17.4 Å². The number of nitrogens with zero attached hydrogens (tertiary/aromatic N) is 1. The number of hydrogen-bond donors (Lipinski definition) is 5.